The second-order valence-corrected chi connectivity index (χ2v) is 5.80. The standard InChI is InChI=1S/C12H14Cl2N4O2S/c1-6(5-20-2)16-9(19)4-15-10-7(13)3-8(14)11-12(10)18-21-17-11/h3,6,15H,4-5H2,1-2H3,(H,16,19). The van der Waals surface area contributed by atoms with Crippen LogP contribution in [0.25, 0.3) is 11.0 Å². The molecule has 6 nitrogen and oxygen atoms in total. The number of methoxy groups -OCH3 is 1. The van der Waals surface area contributed by atoms with Crippen molar-refractivity contribution in [2.24, 2.45) is 0 Å². The van der Waals surface area contributed by atoms with Crippen molar-refractivity contribution in [3.63, 3.8) is 0 Å². The van der Waals surface area contributed by atoms with Crippen LogP contribution in [0.4, 0.5) is 5.69 Å². The zero-order valence-electron chi connectivity index (χ0n) is 11.4. The Morgan fingerprint density at radius 1 is 1.38 bits per heavy atom. The first kappa shape index (κ1) is 16.2. The van der Waals surface area contributed by atoms with Crippen LogP contribution in [0.15, 0.2) is 6.07 Å². The summed E-state index contributed by atoms with van der Waals surface area (Å²) >= 11 is 13.2. The normalized spacial score (nSPS) is 12.4. The van der Waals surface area contributed by atoms with E-state index in [1.54, 1.807) is 13.2 Å². The maximum Gasteiger partial charge on any atom is 0.239 e. The molecule has 1 atom stereocenters. The molecule has 0 saturated heterocycles. The van der Waals surface area contributed by atoms with Gasteiger partial charge in [-0.2, -0.15) is 8.75 Å². The Kier molecular flexibility index (Phi) is 5.58. The number of amides is 1. The molecule has 114 valence electrons. The smallest absolute Gasteiger partial charge is 0.239 e. The molecule has 1 heterocycles. The van der Waals surface area contributed by atoms with Crippen LogP contribution >= 0.6 is 34.9 Å². The lowest BCUT2D eigenvalue weighted by Gasteiger charge is -2.14. The highest BCUT2D eigenvalue weighted by atomic mass is 35.5. The van der Waals surface area contributed by atoms with Crippen molar-refractivity contribution in [1.82, 2.24) is 14.1 Å². The lowest BCUT2D eigenvalue weighted by atomic mass is 10.2. The molecule has 2 N–H and O–H groups in total. The minimum Gasteiger partial charge on any atom is -0.383 e. The van der Waals surface area contributed by atoms with Crippen LogP contribution in [0.1, 0.15) is 6.92 Å². The van der Waals surface area contributed by atoms with Gasteiger partial charge in [0, 0.05) is 13.2 Å². The average Bonchev–Trinajstić information content (AvgIpc) is 2.88. The third kappa shape index (κ3) is 3.94. The summed E-state index contributed by atoms with van der Waals surface area (Å²) in [6, 6.07) is 1.52. The van der Waals surface area contributed by atoms with Crippen molar-refractivity contribution in [2.75, 3.05) is 25.6 Å². The molecular weight excluding hydrogens is 335 g/mol. The Morgan fingerprint density at radius 2 is 2.10 bits per heavy atom. The van der Waals surface area contributed by atoms with E-state index in [-0.39, 0.29) is 18.5 Å². The molecular formula is C12H14Cl2N4O2S. The van der Waals surface area contributed by atoms with Crippen LogP contribution in [-0.2, 0) is 9.53 Å². The van der Waals surface area contributed by atoms with E-state index < -0.39 is 0 Å². The second-order valence-electron chi connectivity index (χ2n) is 4.45. The SMILES string of the molecule is COCC(C)NC(=O)CNc1c(Cl)cc(Cl)c2nsnc12. The van der Waals surface area contributed by atoms with Crippen molar-refractivity contribution in [1.29, 1.82) is 0 Å². The van der Waals surface area contributed by atoms with Gasteiger partial charge in [0.1, 0.15) is 11.0 Å². The van der Waals surface area contributed by atoms with E-state index in [4.69, 9.17) is 27.9 Å². The molecule has 2 rings (SSSR count). The monoisotopic (exact) mass is 348 g/mol. The highest BCUT2D eigenvalue weighted by Gasteiger charge is 2.15. The van der Waals surface area contributed by atoms with E-state index in [0.717, 1.165) is 11.7 Å². The molecule has 21 heavy (non-hydrogen) atoms. The van der Waals surface area contributed by atoms with Gasteiger partial charge in [0.2, 0.25) is 5.91 Å². The number of carbonyl (C=O) groups excluding carboxylic acids is 1. The number of carbonyl (C=O) groups is 1. The third-order valence-corrected chi connectivity index (χ3v) is 3.81. The van der Waals surface area contributed by atoms with Crippen LogP contribution in [0.5, 0.6) is 0 Å². The fraction of sp³-hybridized carbons (Fsp3) is 0.417. The summed E-state index contributed by atoms with van der Waals surface area (Å²) in [7, 11) is 1.58. The molecule has 0 saturated carbocycles. The third-order valence-electron chi connectivity index (χ3n) is 2.69. The van der Waals surface area contributed by atoms with Gasteiger partial charge in [-0.15, -0.1) is 0 Å². The molecule has 1 aromatic carbocycles. The highest BCUT2D eigenvalue weighted by Crippen LogP contribution is 2.34. The molecule has 1 unspecified atom stereocenters. The van der Waals surface area contributed by atoms with Gasteiger partial charge in [0.15, 0.2) is 0 Å². The summed E-state index contributed by atoms with van der Waals surface area (Å²) in [6.45, 7) is 2.38. The van der Waals surface area contributed by atoms with E-state index in [9.17, 15) is 4.79 Å². The summed E-state index contributed by atoms with van der Waals surface area (Å²) in [6.07, 6.45) is 0. The molecule has 0 bridgehead atoms. The van der Waals surface area contributed by atoms with Gasteiger partial charge in [-0.3, -0.25) is 4.79 Å². The van der Waals surface area contributed by atoms with Crippen LogP contribution in [0, 0.1) is 0 Å². The zero-order chi connectivity index (χ0) is 15.4. The fourth-order valence-electron chi connectivity index (χ4n) is 1.83. The number of aromatic nitrogens is 2. The number of ether oxygens (including phenoxy) is 1. The number of fused-ring (bicyclic) bond motifs is 1. The first-order valence-corrected chi connectivity index (χ1v) is 7.64. The number of hydrogen-bond acceptors (Lipinski definition) is 6. The summed E-state index contributed by atoms with van der Waals surface area (Å²) in [5.74, 6) is -0.165. The van der Waals surface area contributed by atoms with Crippen molar-refractivity contribution < 1.29 is 9.53 Å². The van der Waals surface area contributed by atoms with Crippen molar-refractivity contribution in [2.45, 2.75) is 13.0 Å². The Labute approximate surface area is 136 Å². The van der Waals surface area contributed by atoms with E-state index in [0.29, 0.717) is 33.4 Å². The fourth-order valence-corrected chi connectivity index (χ4v) is 3.01. The number of halogens is 2. The highest BCUT2D eigenvalue weighted by molar-refractivity contribution is 7.00. The van der Waals surface area contributed by atoms with Crippen LogP contribution in [0.2, 0.25) is 10.0 Å². The molecule has 9 heteroatoms. The first-order chi connectivity index (χ1) is 10.0. The van der Waals surface area contributed by atoms with Gasteiger partial charge in [-0.25, -0.2) is 0 Å². The predicted molar refractivity (Wildman–Crippen MR) is 85.4 cm³/mol. The molecule has 1 amide bonds. The largest absolute Gasteiger partial charge is 0.383 e. The van der Waals surface area contributed by atoms with Crippen LogP contribution < -0.4 is 10.6 Å². The van der Waals surface area contributed by atoms with Crippen LogP contribution in [0.3, 0.4) is 0 Å². The number of nitrogens with one attached hydrogen (secondary N) is 2. The Bertz CT molecular complexity index is 649. The van der Waals surface area contributed by atoms with Crippen molar-refractivity contribution in [3.8, 4) is 0 Å². The molecule has 0 radical (unpaired) electrons. The molecule has 0 spiro atoms. The van der Waals surface area contributed by atoms with Gasteiger partial charge in [0.25, 0.3) is 0 Å². The van der Waals surface area contributed by atoms with Crippen LogP contribution in [-0.4, -0.2) is 41.0 Å². The maximum absolute atomic E-state index is 11.8. The molecule has 2 aromatic rings. The summed E-state index contributed by atoms with van der Waals surface area (Å²) in [5, 5.41) is 6.61. The number of rotatable bonds is 6. The molecule has 0 aliphatic carbocycles. The van der Waals surface area contributed by atoms with E-state index >= 15 is 0 Å². The van der Waals surface area contributed by atoms with Gasteiger partial charge >= 0.3 is 0 Å². The number of nitrogens with zero attached hydrogens (tertiary/aromatic N) is 2. The van der Waals surface area contributed by atoms with Gasteiger partial charge < -0.3 is 15.4 Å². The van der Waals surface area contributed by atoms with Crippen molar-refractivity contribution in [3.05, 3.63) is 16.1 Å². The number of benzene rings is 1. The zero-order valence-corrected chi connectivity index (χ0v) is 13.8. The van der Waals surface area contributed by atoms with E-state index in [2.05, 4.69) is 19.4 Å². The van der Waals surface area contributed by atoms with Gasteiger partial charge in [-0.05, 0) is 13.0 Å². The first-order valence-electron chi connectivity index (χ1n) is 6.15. The Balaban J connectivity index is 2.07. The minimum atomic E-state index is -0.165. The molecule has 0 aliphatic rings. The van der Waals surface area contributed by atoms with Crippen molar-refractivity contribution >= 4 is 57.6 Å². The molecule has 0 fully saturated rings. The average molecular weight is 349 g/mol. The minimum absolute atomic E-state index is 0.0639. The Morgan fingerprint density at radius 3 is 2.81 bits per heavy atom. The van der Waals surface area contributed by atoms with E-state index in [1.807, 2.05) is 6.92 Å². The lowest BCUT2D eigenvalue weighted by Crippen LogP contribution is -2.39. The topological polar surface area (TPSA) is 76.1 Å². The summed E-state index contributed by atoms with van der Waals surface area (Å²) in [5.41, 5.74) is 1.69. The van der Waals surface area contributed by atoms with Gasteiger partial charge in [-0.1, -0.05) is 23.2 Å². The summed E-state index contributed by atoms with van der Waals surface area (Å²) < 4.78 is 13.2. The Hall–Kier alpha value is -1.15. The van der Waals surface area contributed by atoms with Gasteiger partial charge in [0.05, 0.1) is 40.6 Å². The summed E-state index contributed by atoms with van der Waals surface area (Å²) in [4.78, 5) is 11.8. The van der Waals surface area contributed by atoms with E-state index in [1.165, 1.54) is 0 Å². The number of anilines is 1. The maximum atomic E-state index is 11.8. The quantitative estimate of drug-likeness (QED) is 0.838. The molecule has 0 aliphatic heterocycles. The molecule has 1 aromatic heterocycles. The number of hydrogen-bond donors (Lipinski definition) is 2. The lowest BCUT2D eigenvalue weighted by molar-refractivity contribution is -0.120. The second kappa shape index (κ2) is 7.22. The predicted octanol–water partition coefficient (Wildman–Crippen LogP) is 2.56.